The number of halogens is 3. The highest BCUT2D eigenvalue weighted by Gasteiger charge is 2.26. The molecular weight excluding hydrogens is 451 g/mol. The van der Waals surface area contributed by atoms with Gasteiger partial charge in [-0.3, -0.25) is 4.99 Å². The monoisotopic (exact) mass is 481 g/mol. The van der Waals surface area contributed by atoms with E-state index in [1.54, 1.807) is 7.05 Å². The van der Waals surface area contributed by atoms with Crippen molar-refractivity contribution < 1.29 is 8.78 Å². The van der Waals surface area contributed by atoms with Crippen molar-refractivity contribution in [1.82, 2.24) is 15.5 Å². The van der Waals surface area contributed by atoms with Gasteiger partial charge in [-0.05, 0) is 46.5 Å². The largest absolute Gasteiger partial charge is 0.367 e. The molecule has 1 aliphatic rings. The SMILES string of the molecule is CN=C(NCC(C)(C)N(C)C)NC1CCN(c2ccc(F)cc2F)C1.I. The molecule has 0 radical (unpaired) electrons. The molecule has 1 fully saturated rings. The number of rotatable bonds is 5. The van der Waals surface area contributed by atoms with Crippen LogP contribution in [-0.2, 0) is 0 Å². The van der Waals surface area contributed by atoms with E-state index in [4.69, 9.17) is 0 Å². The molecule has 1 atom stereocenters. The lowest BCUT2D eigenvalue weighted by molar-refractivity contribution is 0.197. The lowest BCUT2D eigenvalue weighted by atomic mass is 10.0. The minimum atomic E-state index is -0.553. The van der Waals surface area contributed by atoms with Gasteiger partial charge in [-0.25, -0.2) is 8.78 Å². The van der Waals surface area contributed by atoms with Crippen LogP contribution in [0.4, 0.5) is 14.5 Å². The van der Waals surface area contributed by atoms with Crippen molar-refractivity contribution in [2.75, 3.05) is 45.7 Å². The summed E-state index contributed by atoms with van der Waals surface area (Å²) in [5.74, 6) is -0.333. The van der Waals surface area contributed by atoms with Gasteiger partial charge >= 0.3 is 0 Å². The zero-order chi connectivity index (χ0) is 18.6. The first kappa shape index (κ1) is 22.9. The van der Waals surface area contributed by atoms with Gasteiger partial charge in [-0.2, -0.15) is 0 Å². The molecule has 148 valence electrons. The van der Waals surface area contributed by atoms with E-state index in [0.29, 0.717) is 12.2 Å². The first-order valence-electron chi connectivity index (χ1n) is 8.57. The van der Waals surface area contributed by atoms with E-state index >= 15 is 0 Å². The fraction of sp³-hybridized carbons (Fsp3) is 0.611. The molecule has 1 aromatic carbocycles. The van der Waals surface area contributed by atoms with Crippen molar-refractivity contribution in [3.63, 3.8) is 0 Å². The lowest BCUT2D eigenvalue weighted by Gasteiger charge is -2.33. The molecule has 5 nitrogen and oxygen atoms in total. The predicted octanol–water partition coefficient (Wildman–Crippen LogP) is 2.67. The van der Waals surface area contributed by atoms with Gasteiger partial charge in [-0.1, -0.05) is 0 Å². The van der Waals surface area contributed by atoms with Crippen LogP contribution in [0.5, 0.6) is 0 Å². The van der Waals surface area contributed by atoms with Crippen molar-refractivity contribution in [3.05, 3.63) is 29.8 Å². The fourth-order valence-electron chi connectivity index (χ4n) is 2.68. The van der Waals surface area contributed by atoms with E-state index in [1.807, 2.05) is 19.0 Å². The van der Waals surface area contributed by atoms with E-state index in [1.165, 1.54) is 12.1 Å². The van der Waals surface area contributed by atoms with Gasteiger partial charge < -0.3 is 20.4 Å². The highest BCUT2D eigenvalue weighted by molar-refractivity contribution is 14.0. The number of anilines is 1. The quantitative estimate of drug-likeness (QED) is 0.386. The van der Waals surface area contributed by atoms with E-state index in [2.05, 4.69) is 34.4 Å². The Morgan fingerprint density at radius 2 is 2.04 bits per heavy atom. The van der Waals surface area contributed by atoms with Crippen LogP contribution in [0, 0.1) is 11.6 Å². The van der Waals surface area contributed by atoms with Crippen LogP contribution in [0.1, 0.15) is 20.3 Å². The average Bonchev–Trinajstić information content (AvgIpc) is 2.99. The first-order chi connectivity index (χ1) is 11.7. The number of nitrogens with one attached hydrogen (secondary N) is 2. The van der Waals surface area contributed by atoms with Crippen LogP contribution >= 0.6 is 24.0 Å². The Hall–Kier alpha value is -1.16. The number of aliphatic imine (C=N–C) groups is 1. The van der Waals surface area contributed by atoms with Gasteiger partial charge in [0.05, 0.1) is 5.69 Å². The van der Waals surface area contributed by atoms with E-state index < -0.39 is 11.6 Å². The summed E-state index contributed by atoms with van der Waals surface area (Å²) >= 11 is 0. The highest BCUT2D eigenvalue weighted by Crippen LogP contribution is 2.24. The van der Waals surface area contributed by atoms with Crippen LogP contribution in [0.2, 0.25) is 0 Å². The Kier molecular flexibility index (Phi) is 8.52. The molecule has 1 aliphatic heterocycles. The van der Waals surface area contributed by atoms with E-state index in [9.17, 15) is 8.78 Å². The number of likely N-dealkylation sites (N-methyl/N-ethyl adjacent to an activating group) is 1. The minimum absolute atomic E-state index is 0. The van der Waals surface area contributed by atoms with Gasteiger partial charge in [0.2, 0.25) is 0 Å². The molecule has 0 bridgehead atoms. The second-order valence-electron chi connectivity index (χ2n) is 7.30. The van der Waals surface area contributed by atoms with E-state index in [0.717, 1.165) is 31.5 Å². The molecule has 1 aromatic rings. The van der Waals surface area contributed by atoms with Crippen molar-refractivity contribution in [3.8, 4) is 0 Å². The van der Waals surface area contributed by atoms with Crippen LogP contribution in [0.25, 0.3) is 0 Å². The van der Waals surface area contributed by atoms with Crippen molar-refractivity contribution >= 4 is 35.6 Å². The normalized spacial score (nSPS) is 18.1. The Balaban J connectivity index is 0.00000338. The second-order valence-corrected chi connectivity index (χ2v) is 7.30. The Labute approximate surface area is 172 Å². The summed E-state index contributed by atoms with van der Waals surface area (Å²) in [6.45, 7) is 6.44. The third kappa shape index (κ3) is 5.94. The maximum Gasteiger partial charge on any atom is 0.191 e. The van der Waals surface area contributed by atoms with Gasteiger partial charge in [0.25, 0.3) is 0 Å². The first-order valence-corrected chi connectivity index (χ1v) is 8.57. The van der Waals surface area contributed by atoms with Gasteiger partial charge in [0.1, 0.15) is 11.6 Å². The number of hydrogen-bond donors (Lipinski definition) is 2. The minimum Gasteiger partial charge on any atom is -0.367 e. The molecule has 1 heterocycles. The summed E-state index contributed by atoms with van der Waals surface area (Å²) in [4.78, 5) is 8.36. The summed E-state index contributed by atoms with van der Waals surface area (Å²) in [6.07, 6.45) is 0.870. The topological polar surface area (TPSA) is 42.9 Å². The summed E-state index contributed by atoms with van der Waals surface area (Å²) in [6, 6.07) is 3.89. The molecule has 2 rings (SSSR count). The lowest BCUT2D eigenvalue weighted by Crippen LogP contribution is -2.52. The Bertz CT molecular complexity index is 622. The summed E-state index contributed by atoms with van der Waals surface area (Å²) in [5, 5.41) is 6.74. The molecular formula is C18H30F2IN5. The average molecular weight is 481 g/mol. The molecule has 0 aliphatic carbocycles. The number of guanidine groups is 1. The van der Waals surface area contributed by atoms with Gasteiger partial charge in [0, 0.05) is 44.3 Å². The van der Waals surface area contributed by atoms with E-state index in [-0.39, 0.29) is 35.6 Å². The predicted molar refractivity (Wildman–Crippen MR) is 115 cm³/mol. The molecule has 1 saturated heterocycles. The zero-order valence-corrected chi connectivity index (χ0v) is 18.5. The number of nitrogens with zero attached hydrogens (tertiary/aromatic N) is 3. The van der Waals surface area contributed by atoms with Crippen LogP contribution in [-0.4, -0.2) is 63.2 Å². The molecule has 2 N–H and O–H groups in total. The van der Waals surface area contributed by atoms with Crippen molar-refractivity contribution in [1.29, 1.82) is 0 Å². The standard InChI is InChI=1S/C18H29F2N5.HI/c1-18(2,24(4)5)12-22-17(21-3)23-14-8-9-25(11-14)16-7-6-13(19)10-15(16)20;/h6-7,10,14H,8-9,11-12H2,1-5H3,(H2,21,22,23);1H. The summed E-state index contributed by atoms with van der Waals surface area (Å²) < 4.78 is 27.0. The van der Waals surface area contributed by atoms with Crippen LogP contribution in [0.3, 0.4) is 0 Å². The van der Waals surface area contributed by atoms with Gasteiger partial charge in [0.15, 0.2) is 5.96 Å². The molecule has 8 heteroatoms. The maximum absolute atomic E-state index is 13.9. The molecule has 0 amide bonds. The second kappa shape index (κ2) is 9.68. The van der Waals surface area contributed by atoms with Gasteiger partial charge in [-0.15, -0.1) is 24.0 Å². The molecule has 0 saturated carbocycles. The molecule has 0 spiro atoms. The van der Waals surface area contributed by atoms with Crippen LogP contribution in [0.15, 0.2) is 23.2 Å². The summed E-state index contributed by atoms with van der Waals surface area (Å²) in [7, 11) is 5.83. The van der Waals surface area contributed by atoms with Crippen molar-refractivity contribution in [2.24, 2.45) is 4.99 Å². The smallest absolute Gasteiger partial charge is 0.191 e. The Morgan fingerprint density at radius 3 is 2.62 bits per heavy atom. The maximum atomic E-state index is 13.9. The van der Waals surface area contributed by atoms with Crippen molar-refractivity contribution in [2.45, 2.75) is 31.8 Å². The zero-order valence-electron chi connectivity index (χ0n) is 16.1. The molecule has 26 heavy (non-hydrogen) atoms. The fourth-order valence-corrected chi connectivity index (χ4v) is 2.68. The number of hydrogen-bond acceptors (Lipinski definition) is 3. The third-order valence-electron chi connectivity index (χ3n) is 4.90. The Morgan fingerprint density at radius 1 is 1.35 bits per heavy atom. The number of benzene rings is 1. The summed E-state index contributed by atoms with van der Waals surface area (Å²) in [5.41, 5.74) is 0.443. The molecule has 0 aromatic heterocycles. The van der Waals surface area contributed by atoms with Crippen LogP contribution < -0.4 is 15.5 Å². The molecule has 1 unspecified atom stereocenters. The third-order valence-corrected chi connectivity index (χ3v) is 4.90. The highest BCUT2D eigenvalue weighted by atomic mass is 127.